The number of nitrogens with one attached hydrogen (secondary N) is 1. The molecule has 1 saturated carbocycles. The van der Waals surface area contributed by atoms with Gasteiger partial charge in [0.25, 0.3) is 0 Å². The third kappa shape index (κ3) is 3.37. The molecule has 1 rings (SSSR count). The zero-order valence-electron chi connectivity index (χ0n) is 11.5. The van der Waals surface area contributed by atoms with Gasteiger partial charge in [-0.05, 0) is 38.5 Å². The summed E-state index contributed by atoms with van der Waals surface area (Å²) in [7, 11) is 1.70. The average Bonchev–Trinajstić information content (AvgIpc) is 2.36. The topological polar surface area (TPSA) is 69.6 Å². The number of amides is 2. The van der Waals surface area contributed by atoms with E-state index in [1.807, 2.05) is 6.92 Å². The van der Waals surface area contributed by atoms with E-state index in [2.05, 4.69) is 12.2 Å². The maximum atomic E-state index is 11.7. The minimum atomic E-state index is -0.783. The third-order valence-electron chi connectivity index (χ3n) is 4.08. The van der Waals surface area contributed by atoms with Crippen LogP contribution in [-0.2, 0) is 4.79 Å². The zero-order valence-corrected chi connectivity index (χ0v) is 11.5. The van der Waals surface area contributed by atoms with Crippen molar-refractivity contribution in [3.63, 3.8) is 0 Å². The van der Waals surface area contributed by atoms with Crippen LogP contribution in [0, 0.1) is 11.3 Å². The van der Waals surface area contributed by atoms with Gasteiger partial charge < -0.3 is 15.3 Å². The Morgan fingerprint density at radius 1 is 1.39 bits per heavy atom. The molecule has 0 unspecified atom stereocenters. The first-order valence-corrected chi connectivity index (χ1v) is 6.63. The fourth-order valence-electron chi connectivity index (χ4n) is 2.30. The molecule has 0 saturated heterocycles. The first-order valence-electron chi connectivity index (χ1n) is 6.63. The number of carbonyl (C=O) groups is 2. The lowest BCUT2D eigenvalue weighted by Gasteiger charge is -2.36. The van der Waals surface area contributed by atoms with E-state index in [1.165, 1.54) is 0 Å². The van der Waals surface area contributed by atoms with E-state index in [-0.39, 0.29) is 12.6 Å². The number of carboxylic acid groups (broad SMARTS) is 1. The van der Waals surface area contributed by atoms with Gasteiger partial charge in [-0.25, -0.2) is 4.79 Å². The van der Waals surface area contributed by atoms with Crippen molar-refractivity contribution >= 4 is 12.0 Å². The summed E-state index contributed by atoms with van der Waals surface area (Å²) >= 11 is 0. The summed E-state index contributed by atoms with van der Waals surface area (Å²) in [5, 5.41) is 12.2. The number of rotatable bonds is 4. The van der Waals surface area contributed by atoms with Crippen LogP contribution in [0.1, 0.15) is 39.5 Å². The molecule has 1 fully saturated rings. The van der Waals surface area contributed by atoms with Gasteiger partial charge >= 0.3 is 12.0 Å². The van der Waals surface area contributed by atoms with Crippen LogP contribution >= 0.6 is 0 Å². The Kier molecular flexibility index (Phi) is 4.99. The summed E-state index contributed by atoms with van der Waals surface area (Å²) in [5.74, 6) is -0.194. The summed E-state index contributed by atoms with van der Waals surface area (Å²) in [5.41, 5.74) is -0.767. The lowest BCUT2D eigenvalue weighted by molar-refractivity contribution is -0.151. The van der Waals surface area contributed by atoms with E-state index in [4.69, 9.17) is 0 Å². The average molecular weight is 256 g/mol. The smallest absolute Gasteiger partial charge is 0.317 e. The summed E-state index contributed by atoms with van der Waals surface area (Å²) in [6.07, 6.45) is 3.15. The molecule has 0 atom stereocenters. The number of nitrogens with zero attached hydrogens (tertiary/aromatic N) is 1. The lowest BCUT2D eigenvalue weighted by atomic mass is 9.71. The highest BCUT2D eigenvalue weighted by Gasteiger charge is 2.41. The van der Waals surface area contributed by atoms with Crippen molar-refractivity contribution in [3.8, 4) is 0 Å². The summed E-state index contributed by atoms with van der Waals surface area (Å²) < 4.78 is 0. The largest absolute Gasteiger partial charge is 0.481 e. The van der Waals surface area contributed by atoms with Crippen LogP contribution in [0.15, 0.2) is 0 Å². The van der Waals surface area contributed by atoms with Gasteiger partial charge in [-0.15, -0.1) is 0 Å². The second-order valence-electron chi connectivity index (χ2n) is 5.44. The van der Waals surface area contributed by atoms with Crippen LogP contribution in [0.25, 0.3) is 0 Å². The number of urea groups is 1. The van der Waals surface area contributed by atoms with Crippen LogP contribution in [-0.4, -0.2) is 42.1 Å². The summed E-state index contributed by atoms with van der Waals surface area (Å²) in [4.78, 5) is 24.7. The van der Waals surface area contributed by atoms with Gasteiger partial charge in [0, 0.05) is 20.1 Å². The van der Waals surface area contributed by atoms with Crippen molar-refractivity contribution in [1.29, 1.82) is 0 Å². The Morgan fingerprint density at radius 2 is 1.94 bits per heavy atom. The van der Waals surface area contributed by atoms with E-state index in [1.54, 1.807) is 11.9 Å². The molecule has 0 aromatic heterocycles. The van der Waals surface area contributed by atoms with Crippen molar-refractivity contribution in [3.05, 3.63) is 0 Å². The first-order chi connectivity index (χ1) is 8.41. The van der Waals surface area contributed by atoms with E-state index in [0.717, 1.165) is 12.8 Å². The molecule has 2 amide bonds. The molecule has 5 heteroatoms. The number of carboxylic acids is 1. The molecular formula is C13H24N2O3. The van der Waals surface area contributed by atoms with E-state index in [9.17, 15) is 14.7 Å². The lowest BCUT2D eigenvalue weighted by Crippen LogP contribution is -2.48. The van der Waals surface area contributed by atoms with Gasteiger partial charge in [-0.1, -0.05) is 6.92 Å². The Bertz CT molecular complexity index is 309. The quantitative estimate of drug-likeness (QED) is 0.807. The third-order valence-corrected chi connectivity index (χ3v) is 4.08. The van der Waals surface area contributed by atoms with Crippen molar-refractivity contribution in [2.24, 2.45) is 11.3 Å². The van der Waals surface area contributed by atoms with Crippen LogP contribution in [0.2, 0.25) is 0 Å². The van der Waals surface area contributed by atoms with Crippen LogP contribution < -0.4 is 5.32 Å². The molecule has 0 spiro atoms. The highest BCUT2D eigenvalue weighted by Crippen LogP contribution is 2.38. The molecule has 0 bridgehead atoms. The Balaban J connectivity index is 2.59. The predicted molar refractivity (Wildman–Crippen MR) is 69.4 cm³/mol. The molecule has 0 aliphatic heterocycles. The van der Waals surface area contributed by atoms with Gasteiger partial charge in [0.1, 0.15) is 0 Å². The van der Waals surface area contributed by atoms with Gasteiger partial charge in [0.15, 0.2) is 0 Å². The highest BCUT2D eigenvalue weighted by atomic mass is 16.4. The first kappa shape index (κ1) is 14.8. The maximum absolute atomic E-state index is 11.7. The standard InChI is InChI=1S/C13H24N2O3/c1-4-15(3)12(18)14-9-13(11(16)17)7-5-10(2)6-8-13/h10H,4-9H2,1-3H3,(H,14,18)(H,16,17). The molecular weight excluding hydrogens is 232 g/mol. The maximum Gasteiger partial charge on any atom is 0.317 e. The number of hydrogen-bond acceptors (Lipinski definition) is 2. The van der Waals surface area contributed by atoms with Crippen molar-refractivity contribution in [2.45, 2.75) is 39.5 Å². The van der Waals surface area contributed by atoms with E-state index < -0.39 is 11.4 Å². The van der Waals surface area contributed by atoms with Crippen molar-refractivity contribution in [2.75, 3.05) is 20.1 Å². The molecule has 0 aromatic rings. The second-order valence-corrected chi connectivity index (χ2v) is 5.44. The van der Waals surface area contributed by atoms with E-state index in [0.29, 0.717) is 25.3 Å². The Hall–Kier alpha value is -1.26. The van der Waals surface area contributed by atoms with Gasteiger partial charge in [-0.2, -0.15) is 0 Å². The molecule has 1 aliphatic rings. The highest BCUT2D eigenvalue weighted by molar-refractivity contribution is 5.78. The van der Waals surface area contributed by atoms with Crippen molar-refractivity contribution in [1.82, 2.24) is 10.2 Å². The molecule has 5 nitrogen and oxygen atoms in total. The van der Waals surface area contributed by atoms with Crippen LogP contribution in [0.3, 0.4) is 0 Å². The zero-order chi connectivity index (χ0) is 13.8. The molecule has 18 heavy (non-hydrogen) atoms. The molecule has 104 valence electrons. The molecule has 0 radical (unpaired) electrons. The molecule has 0 aromatic carbocycles. The summed E-state index contributed by atoms with van der Waals surface area (Å²) in [6.45, 7) is 4.88. The minimum absolute atomic E-state index is 0.197. The normalized spacial score (nSPS) is 27.6. The van der Waals surface area contributed by atoms with Gasteiger partial charge in [-0.3, -0.25) is 4.79 Å². The Labute approximate surface area is 109 Å². The molecule has 1 aliphatic carbocycles. The van der Waals surface area contributed by atoms with Crippen LogP contribution in [0.4, 0.5) is 4.79 Å². The Morgan fingerprint density at radius 3 is 2.39 bits per heavy atom. The SMILES string of the molecule is CCN(C)C(=O)NCC1(C(=O)O)CCC(C)CC1. The van der Waals surface area contributed by atoms with Gasteiger partial charge in [0.05, 0.1) is 5.41 Å². The van der Waals surface area contributed by atoms with E-state index >= 15 is 0 Å². The number of aliphatic carboxylic acids is 1. The molecule has 0 heterocycles. The summed E-state index contributed by atoms with van der Waals surface area (Å²) in [6, 6.07) is -0.197. The monoisotopic (exact) mass is 256 g/mol. The fourth-order valence-corrected chi connectivity index (χ4v) is 2.30. The van der Waals surface area contributed by atoms with Crippen LogP contribution in [0.5, 0.6) is 0 Å². The fraction of sp³-hybridized carbons (Fsp3) is 0.846. The molecule has 2 N–H and O–H groups in total. The predicted octanol–water partition coefficient (Wildman–Crippen LogP) is 1.93. The number of carbonyl (C=O) groups excluding carboxylic acids is 1. The van der Waals surface area contributed by atoms with Gasteiger partial charge in [0.2, 0.25) is 0 Å². The van der Waals surface area contributed by atoms with Crippen molar-refractivity contribution < 1.29 is 14.7 Å². The minimum Gasteiger partial charge on any atom is -0.481 e. The second kappa shape index (κ2) is 6.07. The number of hydrogen-bond donors (Lipinski definition) is 2.